The van der Waals surface area contributed by atoms with Gasteiger partial charge in [0.2, 0.25) is 20.0 Å². The first kappa shape index (κ1) is 20.5. The van der Waals surface area contributed by atoms with Crippen LogP contribution in [0.3, 0.4) is 0 Å². The first-order valence-corrected chi connectivity index (χ1v) is 11.5. The minimum Gasteiger partial charge on any atom is -0.464 e. The summed E-state index contributed by atoms with van der Waals surface area (Å²) in [6, 6.07) is 8.05. The molecule has 0 spiro atoms. The van der Waals surface area contributed by atoms with Crippen LogP contribution < -0.4 is 5.14 Å². The van der Waals surface area contributed by atoms with E-state index >= 15 is 0 Å². The van der Waals surface area contributed by atoms with Crippen LogP contribution in [-0.4, -0.2) is 58.1 Å². The molecule has 0 bridgehead atoms. The normalized spacial score (nSPS) is 16.3. The van der Waals surface area contributed by atoms with Crippen molar-refractivity contribution in [2.45, 2.75) is 23.6 Å². The van der Waals surface area contributed by atoms with Gasteiger partial charge in [-0.3, -0.25) is 4.79 Å². The molecule has 1 amide bonds. The van der Waals surface area contributed by atoms with Gasteiger partial charge in [-0.15, -0.1) is 0 Å². The monoisotopic (exact) mass is 427 g/mol. The highest BCUT2D eigenvalue weighted by Gasteiger charge is 2.35. The zero-order chi connectivity index (χ0) is 20.7. The van der Waals surface area contributed by atoms with E-state index in [1.807, 2.05) is 0 Å². The Hall–Kier alpha value is -2.21. The highest BCUT2D eigenvalue weighted by Crippen LogP contribution is 2.27. The molecule has 0 radical (unpaired) electrons. The number of aryl methyl sites for hydroxylation is 2. The van der Waals surface area contributed by atoms with E-state index in [1.165, 1.54) is 35.2 Å². The number of furan rings is 1. The van der Waals surface area contributed by atoms with Crippen LogP contribution in [0.2, 0.25) is 0 Å². The van der Waals surface area contributed by atoms with E-state index < -0.39 is 26.0 Å². The maximum absolute atomic E-state index is 12.9. The van der Waals surface area contributed by atoms with Crippen molar-refractivity contribution in [3.63, 3.8) is 0 Å². The molecule has 1 aliphatic heterocycles. The molecule has 2 N–H and O–H groups in total. The van der Waals surface area contributed by atoms with E-state index in [0.717, 1.165) is 0 Å². The Labute approximate surface area is 163 Å². The summed E-state index contributed by atoms with van der Waals surface area (Å²) in [6.45, 7) is 3.36. The van der Waals surface area contributed by atoms with E-state index in [4.69, 9.17) is 9.56 Å². The van der Waals surface area contributed by atoms with Crippen LogP contribution in [-0.2, 0) is 20.0 Å². The van der Waals surface area contributed by atoms with Crippen LogP contribution in [0.15, 0.2) is 44.5 Å². The minimum absolute atomic E-state index is 0.0497. The highest BCUT2D eigenvalue weighted by atomic mass is 32.2. The van der Waals surface area contributed by atoms with Crippen molar-refractivity contribution in [3.8, 4) is 0 Å². The lowest BCUT2D eigenvalue weighted by atomic mass is 10.2. The van der Waals surface area contributed by atoms with Crippen molar-refractivity contribution in [3.05, 3.63) is 47.4 Å². The smallest absolute Gasteiger partial charge is 0.258 e. The van der Waals surface area contributed by atoms with Crippen molar-refractivity contribution >= 4 is 26.0 Å². The second-order valence-corrected chi connectivity index (χ2v) is 9.91. The fraction of sp³-hybridized carbons (Fsp3) is 0.353. The van der Waals surface area contributed by atoms with Crippen LogP contribution in [0.4, 0.5) is 0 Å². The quantitative estimate of drug-likeness (QED) is 0.764. The maximum Gasteiger partial charge on any atom is 0.258 e. The molecule has 152 valence electrons. The van der Waals surface area contributed by atoms with Crippen molar-refractivity contribution in [2.75, 3.05) is 26.2 Å². The number of nitrogens with zero attached hydrogens (tertiary/aromatic N) is 2. The van der Waals surface area contributed by atoms with Gasteiger partial charge in [0, 0.05) is 26.2 Å². The lowest BCUT2D eigenvalue weighted by Crippen LogP contribution is -2.50. The van der Waals surface area contributed by atoms with Gasteiger partial charge in [0.05, 0.1) is 4.90 Å². The topological polar surface area (TPSA) is 131 Å². The second kappa shape index (κ2) is 7.32. The number of carbonyl (C=O) groups is 1. The van der Waals surface area contributed by atoms with Gasteiger partial charge < -0.3 is 9.32 Å². The molecule has 0 atom stereocenters. The molecule has 1 fully saturated rings. The number of carbonyl (C=O) groups excluding carboxylic acids is 1. The Morgan fingerprint density at radius 1 is 0.964 bits per heavy atom. The molecule has 1 saturated heterocycles. The molecule has 1 aromatic carbocycles. The largest absolute Gasteiger partial charge is 0.464 e. The fourth-order valence-electron chi connectivity index (χ4n) is 3.28. The standard InChI is InChI=1S/C17H21N3O6S2/c1-12-15(16(13(2)26-12)27(18,22)23)17(21)19-8-10-20(11-9-19)28(24,25)14-6-4-3-5-7-14/h3-7H,8-11H2,1-2H3,(H2,18,22,23). The number of amides is 1. The van der Waals surface area contributed by atoms with Crippen LogP contribution in [0, 0.1) is 13.8 Å². The van der Waals surface area contributed by atoms with Crippen LogP contribution in [0.5, 0.6) is 0 Å². The Kier molecular flexibility index (Phi) is 5.36. The summed E-state index contributed by atoms with van der Waals surface area (Å²) < 4.78 is 55.7. The molecular formula is C17H21N3O6S2. The van der Waals surface area contributed by atoms with E-state index in [1.54, 1.807) is 18.2 Å². The van der Waals surface area contributed by atoms with E-state index in [2.05, 4.69) is 0 Å². The van der Waals surface area contributed by atoms with Gasteiger partial charge in [-0.05, 0) is 26.0 Å². The molecule has 0 aliphatic carbocycles. The average Bonchev–Trinajstić information content (AvgIpc) is 2.96. The first-order valence-electron chi connectivity index (χ1n) is 8.50. The predicted octanol–water partition coefficient (Wildman–Crippen LogP) is 0.691. The fourth-order valence-corrected chi connectivity index (χ4v) is 5.69. The summed E-state index contributed by atoms with van der Waals surface area (Å²) in [4.78, 5) is 14.2. The summed E-state index contributed by atoms with van der Waals surface area (Å²) in [5.41, 5.74) is -0.0978. The molecule has 0 unspecified atom stereocenters. The number of sulfonamides is 2. The van der Waals surface area contributed by atoms with Crippen molar-refractivity contribution in [2.24, 2.45) is 5.14 Å². The number of primary sulfonamides is 1. The summed E-state index contributed by atoms with van der Waals surface area (Å²) in [6.07, 6.45) is 0. The third-order valence-corrected chi connectivity index (χ3v) is 7.58. The van der Waals surface area contributed by atoms with Crippen LogP contribution >= 0.6 is 0 Å². The number of piperazine rings is 1. The van der Waals surface area contributed by atoms with E-state index in [9.17, 15) is 21.6 Å². The van der Waals surface area contributed by atoms with Crippen LogP contribution in [0.1, 0.15) is 21.9 Å². The minimum atomic E-state index is -4.14. The zero-order valence-electron chi connectivity index (χ0n) is 15.5. The third kappa shape index (κ3) is 3.70. The number of hydrogen-bond acceptors (Lipinski definition) is 6. The number of hydrogen-bond donors (Lipinski definition) is 1. The van der Waals surface area contributed by atoms with Gasteiger partial charge in [-0.2, -0.15) is 4.31 Å². The Balaban J connectivity index is 1.81. The average molecular weight is 428 g/mol. The summed E-state index contributed by atoms with van der Waals surface area (Å²) in [5, 5.41) is 5.24. The number of nitrogens with two attached hydrogens (primary N) is 1. The number of benzene rings is 1. The SMILES string of the molecule is Cc1oc(C)c(S(N)(=O)=O)c1C(=O)N1CCN(S(=O)(=O)c2ccccc2)CC1. The van der Waals surface area contributed by atoms with Crippen LogP contribution in [0.25, 0.3) is 0 Å². The van der Waals surface area contributed by atoms with Gasteiger partial charge >= 0.3 is 0 Å². The molecule has 2 heterocycles. The molecule has 1 aliphatic rings. The van der Waals surface area contributed by atoms with Gasteiger partial charge in [0.1, 0.15) is 22.0 Å². The predicted molar refractivity (Wildman–Crippen MR) is 101 cm³/mol. The Morgan fingerprint density at radius 3 is 2.07 bits per heavy atom. The molecule has 3 rings (SSSR count). The van der Waals surface area contributed by atoms with Gasteiger partial charge in [-0.1, -0.05) is 18.2 Å². The van der Waals surface area contributed by atoms with Gasteiger partial charge in [0.25, 0.3) is 5.91 Å². The lowest BCUT2D eigenvalue weighted by Gasteiger charge is -2.34. The zero-order valence-corrected chi connectivity index (χ0v) is 17.1. The van der Waals surface area contributed by atoms with Gasteiger partial charge in [0.15, 0.2) is 0 Å². The lowest BCUT2D eigenvalue weighted by molar-refractivity contribution is 0.0692. The molecule has 2 aromatic rings. The van der Waals surface area contributed by atoms with E-state index in [0.29, 0.717) is 0 Å². The van der Waals surface area contributed by atoms with E-state index in [-0.39, 0.29) is 53.1 Å². The summed E-state index contributed by atoms with van der Waals surface area (Å²) in [5.74, 6) is -0.338. The van der Waals surface area contributed by atoms with Crippen molar-refractivity contribution < 1.29 is 26.0 Å². The molecule has 0 saturated carbocycles. The molecule has 11 heteroatoms. The first-order chi connectivity index (χ1) is 13.0. The van der Waals surface area contributed by atoms with Crippen molar-refractivity contribution in [1.29, 1.82) is 0 Å². The highest BCUT2D eigenvalue weighted by molar-refractivity contribution is 7.89. The van der Waals surface area contributed by atoms with Gasteiger partial charge in [-0.25, -0.2) is 22.0 Å². The van der Waals surface area contributed by atoms with Crippen molar-refractivity contribution in [1.82, 2.24) is 9.21 Å². The molecule has 28 heavy (non-hydrogen) atoms. The maximum atomic E-state index is 12.9. The Morgan fingerprint density at radius 2 is 1.54 bits per heavy atom. The molecule has 1 aromatic heterocycles. The third-order valence-electron chi connectivity index (χ3n) is 4.61. The number of rotatable bonds is 4. The summed E-state index contributed by atoms with van der Waals surface area (Å²) in [7, 11) is -7.79. The molecule has 9 nitrogen and oxygen atoms in total. The Bertz CT molecular complexity index is 1100. The molecular weight excluding hydrogens is 406 g/mol. The second-order valence-electron chi connectivity index (χ2n) is 6.47. The summed E-state index contributed by atoms with van der Waals surface area (Å²) >= 11 is 0.